The van der Waals surface area contributed by atoms with E-state index in [2.05, 4.69) is 28.7 Å². The molecule has 1 amide bonds. The van der Waals surface area contributed by atoms with Gasteiger partial charge in [-0.15, -0.1) is 0 Å². The van der Waals surface area contributed by atoms with Gasteiger partial charge in [0.25, 0.3) is 0 Å². The lowest BCUT2D eigenvalue weighted by molar-refractivity contribution is -0.186. The Bertz CT molecular complexity index is 628. The van der Waals surface area contributed by atoms with Crippen molar-refractivity contribution in [3.05, 3.63) is 11.2 Å². The van der Waals surface area contributed by atoms with Gasteiger partial charge >= 0.3 is 0 Å². The summed E-state index contributed by atoms with van der Waals surface area (Å²) >= 11 is 7.45. The summed E-state index contributed by atoms with van der Waals surface area (Å²) in [5.74, 6) is 0.710. The zero-order valence-electron chi connectivity index (χ0n) is 15.2. The summed E-state index contributed by atoms with van der Waals surface area (Å²) in [5, 5.41) is 0.927. The van der Waals surface area contributed by atoms with Crippen LogP contribution in [-0.4, -0.2) is 71.7 Å². The van der Waals surface area contributed by atoms with Gasteiger partial charge in [-0.1, -0.05) is 23.4 Å². The summed E-state index contributed by atoms with van der Waals surface area (Å²) in [5.41, 5.74) is 0. The van der Waals surface area contributed by atoms with Gasteiger partial charge in [-0.25, -0.2) is 9.97 Å². The first-order valence-electron chi connectivity index (χ1n) is 9.03. The second-order valence-electron chi connectivity index (χ2n) is 6.28. The number of anilines is 1. The highest BCUT2D eigenvalue weighted by Gasteiger charge is 2.40. The number of aromatic nitrogens is 2. The maximum atomic E-state index is 12.5. The molecule has 1 spiro atoms. The molecule has 0 saturated carbocycles. The van der Waals surface area contributed by atoms with E-state index in [0.717, 1.165) is 31.7 Å². The minimum atomic E-state index is -0.460. The molecule has 0 radical (unpaired) electrons. The van der Waals surface area contributed by atoms with Crippen molar-refractivity contribution in [3.63, 3.8) is 0 Å². The normalized spacial score (nSPS) is 19.1. The number of hydrogen-bond acceptors (Lipinski definition) is 7. The molecule has 2 aliphatic heterocycles. The highest BCUT2D eigenvalue weighted by atomic mass is 35.5. The van der Waals surface area contributed by atoms with Crippen LogP contribution in [0.5, 0.6) is 0 Å². The van der Waals surface area contributed by atoms with Gasteiger partial charge in [0.1, 0.15) is 11.0 Å². The first kappa shape index (κ1) is 19.7. The first-order valence-corrected chi connectivity index (χ1v) is 10.4. The average molecular weight is 401 g/mol. The van der Waals surface area contributed by atoms with E-state index >= 15 is 0 Å². The van der Waals surface area contributed by atoms with Crippen molar-refractivity contribution in [3.8, 4) is 0 Å². The van der Waals surface area contributed by atoms with Crippen LogP contribution in [0, 0.1) is 0 Å². The molecule has 1 aromatic heterocycles. The number of carbonyl (C=O) groups is 1. The summed E-state index contributed by atoms with van der Waals surface area (Å²) in [6.07, 6.45) is 1.45. The highest BCUT2D eigenvalue weighted by Crippen LogP contribution is 2.31. The van der Waals surface area contributed by atoms with Crippen molar-refractivity contribution < 1.29 is 14.3 Å². The fraction of sp³-hybridized carbons (Fsp3) is 0.706. The SMILES string of the molecule is CCN(CC)c1cc(Cl)nc(SCC(=O)N2CCC3(CC2)OCCO3)n1. The minimum absolute atomic E-state index is 0.0795. The molecule has 0 N–H and O–H groups in total. The van der Waals surface area contributed by atoms with Crippen molar-refractivity contribution in [1.82, 2.24) is 14.9 Å². The van der Waals surface area contributed by atoms with Crippen LogP contribution in [0.2, 0.25) is 5.15 Å². The molecule has 144 valence electrons. The molecular weight excluding hydrogens is 376 g/mol. The Labute approximate surface area is 163 Å². The number of amides is 1. The van der Waals surface area contributed by atoms with Crippen molar-refractivity contribution in [1.29, 1.82) is 0 Å². The largest absolute Gasteiger partial charge is 0.357 e. The third-order valence-electron chi connectivity index (χ3n) is 4.76. The molecule has 26 heavy (non-hydrogen) atoms. The number of ether oxygens (including phenoxy) is 2. The number of halogens is 1. The number of likely N-dealkylation sites (tertiary alicyclic amines) is 1. The van der Waals surface area contributed by atoms with Crippen molar-refractivity contribution in [2.24, 2.45) is 0 Å². The maximum absolute atomic E-state index is 12.5. The molecule has 2 saturated heterocycles. The Balaban J connectivity index is 1.54. The molecule has 0 atom stereocenters. The van der Waals surface area contributed by atoms with Gasteiger partial charge in [-0.05, 0) is 13.8 Å². The third-order valence-corrected chi connectivity index (χ3v) is 5.79. The van der Waals surface area contributed by atoms with Crippen LogP contribution in [0.3, 0.4) is 0 Å². The first-order chi connectivity index (χ1) is 12.5. The fourth-order valence-corrected chi connectivity index (χ4v) is 4.24. The van der Waals surface area contributed by atoms with E-state index in [0.29, 0.717) is 42.4 Å². The summed E-state index contributed by atoms with van der Waals surface area (Å²) in [6, 6.07) is 1.76. The molecule has 0 aliphatic carbocycles. The van der Waals surface area contributed by atoms with Gasteiger partial charge in [0.2, 0.25) is 5.91 Å². The lowest BCUT2D eigenvalue weighted by atomic mass is 10.0. The molecule has 2 fully saturated rings. The van der Waals surface area contributed by atoms with Gasteiger partial charge in [0.15, 0.2) is 10.9 Å². The standard InChI is InChI=1S/C17H25ClN4O3S/c1-3-21(4-2)14-11-13(18)19-16(20-14)26-12-15(23)22-7-5-17(6-8-22)24-9-10-25-17/h11H,3-10,12H2,1-2H3. The molecular formula is C17H25ClN4O3S. The van der Waals surface area contributed by atoms with Gasteiger partial charge in [0, 0.05) is 45.1 Å². The third kappa shape index (κ3) is 4.60. The molecule has 0 bridgehead atoms. The number of carbonyl (C=O) groups excluding carboxylic acids is 1. The number of nitrogens with zero attached hydrogens (tertiary/aromatic N) is 4. The van der Waals surface area contributed by atoms with E-state index in [9.17, 15) is 4.79 Å². The minimum Gasteiger partial charge on any atom is -0.357 e. The summed E-state index contributed by atoms with van der Waals surface area (Å²) < 4.78 is 11.4. The monoisotopic (exact) mass is 400 g/mol. The fourth-order valence-electron chi connectivity index (χ4n) is 3.26. The zero-order valence-corrected chi connectivity index (χ0v) is 16.8. The molecule has 2 aliphatic rings. The lowest BCUT2D eigenvalue weighted by Gasteiger charge is -2.37. The maximum Gasteiger partial charge on any atom is 0.233 e. The number of rotatable bonds is 6. The molecule has 3 rings (SSSR count). The van der Waals surface area contributed by atoms with E-state index in [-0.39, 0.29) is 5.91 Å². The molecule has 1 aromatic rings. The van der Waals surface area contributed by atoms with Crippen molar-refractivity contribution in [2.75, 3.05) is 50.0 Å². The van der Waals surface area contributed by atoms with Gasteiger partial charge in [-0.2, -0.15) is 0 Å². The van der Waals surface area contributed by atoms with Crippen LogP contribution < -0.4 is 4.90 Å². The lowest BCUT2D eigenvalue weighted by Crippen LogP contribution is -2.47. The summed E-state index contributed by atoms with van der Waals surface area (Å²) in [6.45, 7) is 8.41. The predicted molar refractivity (Wildman–Crippen MR) is 102 cm³/mol. The average Bonchev–Trinajstić information content (AvgIpc) is 3.09. The second-order valence-corrected chi connectivity index (χ2v) is 7.61. The Hall–Kier alpha value is -1.09. The van der Waals surface area contributed by atoms with Gasteiger partial charge in [-0.3, -0.25) is 4.79 Å². The van der Waals surface area contributed by atoms with Crippen LogP contribution >= 0.6 is 23.4 Å². The Morgan fingerprint density at radius 3 is 2.54 bits per heavy atom. The van der Waals surface area contributed by atoms with E-state index in [1.165, 1.54) is 11.8 Å². The summed E-state index contributed by atoms with van der Waals surface area (Å²) in [4.78, 5) is 25.3. The van der Waals surface area contributed by atoms with E-state index < -0.39 is 5.79 Å². The molecule has 3 heterocycles. The predicted octanol–water partition coefficient (Wildman–Crippen LogP) is 2.43. The van der Waals surface area contributed by atoms with E-state index in [1.54, 1.807) is 6.07 Å². The van der Waals surface area contributed by atoms with Crippen LogP contribution in [0.1, 0.15) is 26.7 Å². The Morgan fingerprint density at radius 2 is 1.92 bits per heavy atom. The smallest absolute Gasteiger partial charge is 0.233 e. The Morgan fingerprint density at radius 1 is 1.27 bits per heavy atom. The Kier molecular flexibility index (Phi) is 6.60. The van der Waals surface area contributed by atoms with E-state index in [4.69, 9.17) is 21.1 Å². The van der Waals surface area contributed by atoms with Crippen LogP contribution in [0.15, 0.2) is 11.2 Å². The topological polar surface area (TPSA) is 67.8 Å². The number of thioether (sulfide) groups is 1. The molecule has 7 nitrogen and oxygen atoms in total. The second kappa shape index (κ2) is 8.73. The quantitative estimate of drug-likeness (QED) is 0.412. The van der Waals surface area contributed by atoms with Crippen molar-refractivity contribution in [2.45, 2.75) is 37.6 Å². The van der Waals surface area contributed by atoms with Gasteiger partial charge < -0.3 is 19.3 Å². The summed E-state index contributed by atoms with van der Waals surface area (Å²) in [7, 11) is 0. The number of hydrogen-bond donors (Lipinski definition) is 0. The van der Waals surface area contributed by atoms with Crippen LogP contribution in [0.4, 0.5) is 5.82 Å². The van der Waals surface area contributed by atoms with Crippen LogP contribution in [0.25, 0.3) is 0 Å². The van der Waals surface area contributed by atoms with Gasteiger partial charge in [0.05, 0.1) is 19.0 Å². The highest BCUT2D eigenvalue weighted by molar-refractivity contribution is 7.99. The molecule has 0 unspecified atom stereocenters. The van der Waals surface area contributed by atoms with Crippen molar-refractivity contribution >= 4 is 35.1 Å². The van der Waals surface area contributed by atoms with Crippen LogP contribution in [-0.2, 0) is 14.3 Å². The van der Waals surface area contributed by atoms with E-state index in [1.807, 2.05) is 4.90 Å². The zero-order chi connectivity index (χ0) is 18.6. The molecule has 9 heteroatoms. The molecule has 0 aromatic carbocycles. The number of piperidine rings is 1.